The van der Waals surface area contributed by atoms with E-state index in [0.29, 0.717) is 11.1 Å². The first-order valence-electron chi connectivity index (χ1n) is 10.0. The number of amides is 1. The normalized spacial score (nSPS) is 15.4. The Bertz CT molecular complexity index is 1060. The molecule has 4 rings (SSSR count). The van der Waals surface area contributed by atoms with Crippen LogP contribution in [0.5, 0.6) is 11.5 Å². The van der Waals surface area contributed by atoms with Gasteiger partial charge in [0.25, 0.3) is 0 Å². The summed E-state index contributed by atoms with van der Waals surface area (Å²) in [6.07, 6.45) is 0.00966. The number of phenols is 1. The van der Waals surface area contributed by atoms with Gasteiger partial charge in [0.15, 0.2) is 11.5 Å². The van der Waals surface area contributed by atoms with Crippen LogP contribution in [0, 0.1) is 0 Å². The van der Waals surface area contributed by atoms with Gasteiger partial charge in [-0.05, 0) is 22.8 Å². The van der Waals surface area contributed by atoms with Crippen LogP contribution in [0.2, 0.25) is 0 Å². The molecular formula is C25H23NO5. The molecule has 6 nitrogen and oxygen atoms in total. The number of benzene rings is 3. The molecule has 0 aliphatic carbocycles. The van der Waals surface area contributed by atoms with E-state index in [4.69, 9.17) is 4.74 Å². The highest BCUT2D eigenvalue weighted by Gasteiger charge is 2.39. The van der Waals surface area contributed by atoms with Crippen LogP contribution in [-0.4, -0.2) is 40.1 Å². The van der Waals surface area contributed by atoms with Crippen LogP contribution in [0.1, 0.15) is 28.2 Å². The monoisotopic (exact) mass is 417 g/mol. The molecule has 0 aromatic heterocycles. The Kier molecular flexibility index (Phi) is 5.62. The quantitative estimate of drug-likeness (QED) is 0.663. The fraction of sp³-hybridized carbons (Fsp3) is 0.200. The predicted octanol–water partition coefficient (Wildman–Crippen LogP) is 3.57. The summed E-state index contributed by atoms with van der Waals surface area (Å²) in [5.74, 6) is -1.81. The maximum Gasteiger partial charge on any atom is 0.326 e. The van der Waals surface area contributed by atoms with Gasteiger partial charge in [-0.3, -0.25) is 4.79 Å². The van der Waals surface area contributed by atoms with Crippen LogP contribution in [0.15, 0.2) is 72.8 Å². The van der Waals surface area contributed by atoms with E-state index in [1.54, 1.807) is 12.1 Å². The summed E-state index contributed by atoms with van der Waals surface area (Å²) in [7, 11) is 1.44. The summed E-state index contributed by atoms with van der Waals surface area (Å²) < 4.78 is 5.16. The molecule has 0 radical (unpaired) electrons. The van der Waals surface area contributed by atoms with Crippen molar-refractivity contribution in [2.24, 2.45) is 0 Å². The third-order valence-corrected chi connectivity index (χ3v) is 5.76. The smallest absolute Gasteiger partial charge is 0.326 e. The maximum atomic E-state index is 13.8. The second-order valence-electron chi connectivity index (χ2n) is 7.53. The summed E-state index contributed by atoms with van der Waals surface area (Å²) in [5, 5.41) is 20.4. The third-order valence-electron chi connectivity index (χ3n) is 5.76. The molecular weight excluding hydrogens is 394 g/mol. The molecule has 3 aromatic carbocycles. The Labute approximate surface area is 180 Å². The van der Waals surface area contributed by atoms with Crippen LogP contribution in [0.3, 0.4) is 0 Å². The average Bonchev–Trinajstić information content (AvgIpc) is 2.80. The topological polar surface area (TPSA) is 87.1 Å². The molecule has 1 atom stereocenters. The van der Waals surface area contributed by atoms with E-state index < -0.39 is 17.9 Å². The van der Waals surface area contributed by atoms with Gasteiger partial charge in [0.2, 0.25) is 5.91 Å². The molecule has 3 aromatic rings. The first-order chi connectivity index (χ1) is 15.0. The average molecular weight is 417 g/mol. The highest BCUT2D eigenvalue weighted by Crippen LogP contribution is 2.38. The van der Waals surface area contributed by atoms with Gasteiger partial charge in [-0.25, -0.2) is 4.79 Å². The van der Waals surface area contributed by atoms with Gasteiger partial charge < -0.3 is 19.8 Å². The van der Waals surface area contributed by atoms with Crippen molar-refractivity contribution in [3.8, 4) is 11.5 Å². The number of aliphatic carboxylic acids is 1. The number of carboxylic acid groups (broad SMARTS) is 1. The van der Waals surface area contributed by atoms with Gasteiger partial charge in [0, 0.05) is 18.5 Å². The summed E-state index contributed by atoms with van der Waals surface area (Å²) in [4.78, 5) is 27.3. The van der Waals surface area contributed by atoms with Crippen molar-refractivity contribution < 1.29 is 24.5 Å². The fourth-order valence-electron chi connectivity index (χ4n) is 4.18. The Balaban J connectivity index is 1.77. The molecule has 31 heavy (non-hydrogen) atoms. The minimum atomic E-state index is -1.11. The number of methoxy groups -OCH3 is 1. The zero-order valence-corrected chi connectivity index (χ0v) is 17.1. The summed E-state index contributed by atoms with van der Waals surface area (Å²) >= 11 is 0. The molecule has 2 N–H and O–H groups in total. The second-order valence-corrected chi connectivity index (χ2v) is 7.53. The van der Waals surface area contributed by atoms with E-state index in [1.165, 1.54) is 12.0 Å². The number of phenolic OH excluding ortho intramolecular Hbond substituents is 1. The molecule has 0 unspecified atom stereocenters. The lowest BCUT2D eigenvalue weighted by Gasteiger charge is -2.37. The Morgan fingerprint density at radius 2 is 1.55 bits per heavy atom. The van der Waals surface area contributed by atoms with E-state index in [-0.39, 0.29) is 30.4 Å². The second kappa shape index (κ2) is 8.52. The lowest BCUT2D eigenvalue weighted by molar-refractivity contribution is -0.151. The molecule has 1 aliphatic rings. The zero-order valence-electron chi connectivity index (χ0n) is 17.1. The summed E-state index contributed by atoms with van der Waals surface area (Å²) in [5.41, 5.74) is 2.81. The highest BCUT2D eigenvalue weighted by molar-refractivity contribution is 5.91. The molecule has 0 saturated carbocycles. The maximum absolute atomic E-state index is 13.8. The van der Waals surface area contributed by atoms with Gasteiger partial charge in [0.05, 0.1) is 13.0 Å². The van der Waals surface area contributed by atoms with Crippen molar-refractivity contribution in [3.63, 3.8) is 0 Å². The van der Waals surface area contributed by atoms with Crippen molar-refractivity contribution in [1.29, 1.82) is 0 Å². The number of hydrogen-bond acceptors (Lipinski definition) is 4. The number of carboxylic acids is 1. The summed E-state index contributed by atoms with van der Waals surface area (Å²) in [6.45, 7) is 0.0961. The Morgan fingerprint density at radius 3 is 2.06 bits per heavy atom. The minimum Gasteiger partial charge on any atom is -0.504 e. The van der Waals surface area contributed by atoms with Crippen molar-refractivity contribution >= 4 is 11.9 Å². The number of hydrogen-bond donors (Lipinski definition) is 2. The van der Waals surface area contributed by atoms with E-state index in [2.05, 4.69) is 0 Å². The first kappa shape index (κ1) is 20.5. The number of rotatable bonds is 5. The highest BCUT2D eigenvalue weighted by atomic mass is 16.5. The van der Waals surface area contributed by atoms with E-state index in [0.717, 1.165) is 11.1 Å². The molecule has 6 heteroatoms. The Morgan fingerprint density at radius 1 is 0.968 bits per heavy atom. The fourth-order valence-corrected chi connectivity index (χ4v) is 4.18. The van der Waals surface area contributed by atoms with Gasteiger partial charge in [-0.15, -0.1) is 0 Å². The summed E-state index contributed by atoms with van der Waals surface area (Å²) in [6, 6.07) is 21.0. The number of nitrogens with zero attached hydrogens (tertiary/aromatic N) is 1. The van der Waals surface area contributed by atoms with Crippen molar-refractivity contribution in [2.45, 2.75) is 24.9 Å². The molecule has 158 valence electrons. The van der Waals surface area contributed by atoms with Crippen LogP contribution in [0.25, 0.3) is 0 Å². The Hall–Kier alpha value is -3.80. The first-order valence-corrected chi connectivity index (χ1v) is 10.0. The molecule has 1 aliphatic heterocycles. The van der Waals surface area contributed by atoms with E-state index in [1.807, 2.05) is 60.7 Å². The van der Waals surface area contributed by atoms with Gasteiger partial charge in [-0.1, -0.05) is 66.7 Å². The molecule has 0 spiro atoms. The van der Waals surface area contributed by atoms with Gasteiger partial charge in [-0.2, -0.15) is 0 Å². The van der Waals surface area contributed by atoms with Crippen LogP contribution < -0.4 is 4.74 Å². The van der Waals surface area contributed by atoms with E-state index >= 15 is 0 Å². The van der Waals surface area contributed by atoms with Crippen LogP contribution >= 0.6 is 0 Å². The molecule has 1 amide bonds. The number of carbonyl (C=O) groups is 2. The molecule has 1 heterocycles. The third kappa shape index (κ3) is 3.84. The molecule has 0 fully saturated rings. The van der Waals surface area contributed by atoms with E-state index in [9.17, 15) is 19.8 Å². The minimum absolute atomic E-state index is 0.00966. The SMILES string of the molecule is COc1ccc2c(c1O)C[C@@H](C(=O)O)N(C(=O)C(c1ccccc1)c1ccccc1)C2. The number of aromatic hydroxyl groups is 1. The van der Waals surface area contributed by atoms with Crippen LogP contribution in [-0.2, 0) is 22.6 Å². The van der Waals surface area contributed by atoms with Crippen molar-refractivity contribution in [3.05, 3.63) is 95.1 Å². The predicted molar refractivity (Wildman–Crippen MR) is 115 cm³/mol. The number of ether oxygens (including phenoxy) is 1. The number of carbonyl (C=O) groups excluding carboxylic acids is 1. The van der Waals surface area contributed by atoms with Crippen molar-refractivity contribution in [1.82, 2.24) is 4.90 Å². The van der Waals surface area contributed by atoms with Crippen molar-refractivity contribution in [2.75, 3.05) is 7.11 Å². The lowest BCUT2D eigenvalue weighted by atomic mass is 9.87. The molecule has 0 saturated heterocycles. The van der Waals surface area contributed by atoms with Crippen LogP contribution in [0.4, 0.5) is 0 Å². The molecule has 0 bridgehead atoms. The zero-order chi connectivity index (χ0) is 22.0. The van der Waals surface area contributed by atoms with Gasteiger partial charge >= 0.3 is 5.97 Å². The number of fused-ring (bicyclic) bond motifs is 1. The van der Waals surface area contributed by atoms with Gasteiger partial charge in [0.1, 0.15) is 6.04 Å². The largest absolute Gasteiger partial charge is 0.504 e. The standard InChI is InChI=1S/C25H23NO5/c1-31-21-13-12-18-15-26(20(25(29)30)14-19(18)23(21)27)24(28)22(16-8-4-2-5-9-16)17-10-6-3-7-11-17/h2-13,20,22,27H,14-15H2,1H3,(H,29,30)/t20-/m0/s1. The lowest BCUT2D eigenvalue weighted by Crippen LogP contribution is -2.50.